The summed E-state index contributed by atoms with van der Waals surface area (Å²) < 4.78 is 0. The number of carbonyl (C=O) groups excluding carboxylic acids is 2. The third-order valence-corrected chi connectivity index (χ3v) is 3.45. The molecule has 2 rings (SSSR count). The van der Waals surface area contributed by atoms with Gasteiger partial charge in [-0.05, 0) is 32.1 Å². The number of carbonyl (C=O) groups is 2. The summed E-state index contributed by atoms with van der Waals surface area (Å²) >= 11 is 0. The summed E-state index contributed by atoms with van der Waals surface area (Å²) in [5.74, 6) is -0.333. The molecule has 2 fully saturated rings. The summed E-state index contributed by atoms with van der Waals surface area (Å²) in [5, 5.41) is 5.69. The molecule has 1 aliphatic heterocycles. The maximum atomic E-state index is 11.5. The zero-order valence-electron chi connectivity index (χ0n) is 9.37. The molecule has 1 unspecified atom stereocenters. The van der Waals surface area contributed by atoms with Gasteiger partial charge in [0.2, 0.25) is 11.8 Å². The molecule has 0 radical (unpaired) electrons. The van der Waals surface area contributed by atoms with Gasteiger partial charge in [0.05, 0.1) is 6.04 Å². The molecule has 1 atom stereocenters. The molecule has 0 bridgehead atoms. The molecule has 0 aromatic rings. The average Bonchev–Trinajstić information content (AvgIpc) is 2.25. The van der Waals surface area contributed by atoms with Crippen molar-refractivity contribution in [1.82, 2.24) is 10.6 Å². The van der Waals surface area contributed by atoms with Crippen LogP contribution in [-0.2, 0) is 9.59 Å². The van der Waals surface area contributed by atoms with Gasteiger partial charge in [-0.1, -0.05) is 0 Å². The van der Waals surface area contributed by atoms with E-state index >= 15 is 0 Å². The van der Waals surface area contributed by atoms with Crippen LogP contribution in [0.1, 0.15) is 38.5 Å². The first-order chi connectivity index (χ1) is 7.65. The fourth-order valence-corrected chi connectivity index (χ4v) is 2.42. The van der Waals surface area contributed by atoms with Crippen LogP contribution in [-0.4, -0.2) is 29.9 Å². The molecule has 1 aliphatic carbocycles. The van der Waals surface area contributed by atoms with Crippen molar-refractivity contribution in [3.05, 3.63) is 0 Å². The summed E-state index contributed by atoms with van der Waals surface area (Å²) in [6.45, 7) is 0. The molecular formula is C11H19N3O2. The second-order valence-electron chi connectivity index (χ2n) is 4.78. The van der Waals surface area contributed by atoms with Gasteiger partial charge in [-0.25, -0.2) is 0 Å². The maximum absolute atomic E-state index is 11.5. The van der Waals surface area contributed by atoms with Crippen LogP contribution in [0.4, 0.5) is 0 Å². The van der Waals surface area contributed by atoms with E-state index in [-0.39, 0.29) is 17.9 Å². The minimum absolute atomic E-state index is 0.159. The third-order valence-electron chi connectivity index (χ3n) is 3.45. The first-order valence-corrected chi connectivity index (χ1v) is 6.00. The van der Waals surface area contributed by atoms with Gasteiger partial charge in [-0.2, -0.15) is 0 Å². The van der Waals surface area contributed by atoms with Gasteiger partial charge in [0.15, 0.2) is 0 Å². The van der Waals surface area contributed by atoms with Crippen LogP contribution in [0.25, 0.3) is 0 Å². The Balaban J connectivity index is 1.81. The highest BCUT2D eigenvalue weighted by molar-refractivity contribution is 6.00. The highest BCUT2D eigenvalue weighted by Crippen LogP contribution is 2.18. The smallest absolute Gasteiger partial charge is 0.243 e. The lowest BCUT2D eigenvalue weighted by atomic mass is 9.90. The number of nitrogens with two attached hydrogens (primary N) is 1. The molecule has 1 saturated carbocycles. The van der Waals surface area contributed by atoms with Gasteiger partial charge in [0.25, 0.3) is 0 Å². The van der Waals surface area contributed by atoms with Gasteiger partial charge in [0, 0.05) is 18.5 Å². The highest BCUT2D eigenvalue weighted by Gasteiger charge is 2.29. The lowest BCUT2D eigenvalue weighted by Crippen LogP contribution is -2.54. The van der Waals surface area contributed by atoms with Crippen LogP contribution < -0.4 is 16.4 Å². The second-order valence-corrected chi connectivity index (χ2v) is 4.78. The monoisotopic (exact) mass is 225 g/mol. The van der Waals surface area contributed by atoms with E-state index in [4.69, 9.17) is 5.73 Å². The minimum atomic E-state index is -0.197. The minimum Gasteiger partial charge on any atom is -0.328 e. The molecule has 90 valence electrons. The van der Waals surface area contributed by atoms with E-state index < -0.39 is 0 Å². The van der Waals surface area contributed by atoms with E-state index in [2.05, 4.69) is 10.6 Å². The second kappa shape index (κ2) is 4.93. The Morgan fingerprint density at radius 1 is 1.12 bits per heavy atom. The summed E-state index contributed by atoms with van der Waals surface area (Å²) in [7, 11) is 0. The zero-order chi connectivity index (χ0) is 11.5. The molecule has 4 N–H and O–H groups in total. The normalized spacial score (nSPS) is 35.9. The van der Waals surface area contributed by atoms with Crippen LogP contribution in [0.15, 0.2) is 0 Å². The van der Waals surface area contributed by atoms with E-state index in [1.807, 2.05) is 0 Å². The Kier molecular flexibility index (Phi) is 3.56. The van der Waals surface area contributed by atoms with Gasteiger partial charge in [-0.3, -0.25) is 14.9 Å². The Bertz CT molecular complexity index is 285. The first kappa shape index (κ1) is 11.5. The summed E-state index contributed by atoms with van der Waals surface area (Å²) in [4.78, 5) is 22.5. The van der Waals surface area contributed by atoms with Gasteiger partial charge >= 0.3 is 0 Å². The van der Waals surface area contributed by atoms with Crippen molar-refractivity contribution in [1.29, 1.82) is 0 Å². The van der Waals surface area contributed by atoms with Crippen molar-refractivity contribution >= 4 is 11.8 Å². The fraction of sp³-hybridized carbons (Fsp3) is 0.818. The Hall–Kier alpha value is -0.940. The highest BCUT2D eigenvalue weighted by atomic mass is 16.2. The van der Waals surface area contributed by atoms with E-state index in [1.165, 1.54) is 0 Å². The van der Waals surface area contributed by atoms with Crippen molar-refractivity contribution in [2.24, 2.45) is 5.73 Å². The van der Waals surface area contributed by atoms with Crippen molar-refractivity contribution in [3.63, 3.8) is 0 Å². The molecule has 1 saturated heterocycles. The van der Waals surface area contributed by atoms with Crippen LogP contribution in [0.5, 0.6) is 0 Å². The number of hydrogen-bond donors (Lipinski definition) is 3. The standard InChI is InChI=1S/C11H19N3O2/c12-7-1-3-8(4-2-7)13-9-5-6-10(15)14-11(9)16/h7-9,13H,1-6,12H2,(H,14,15,16). The molecule has 0 aromatic carbocycles. The van der Waals surface area contributed by atoms with Gasteiger partial charge in [0.1, 0.15) is 0 Å². The summed E-state index contributed by atoms with van der Waals surface area (Å²) in [6.07, 6.45) is 5.15. The number of piperidine rings is 1. The molecular weight excluding hydrogens is 206 g/mol. The van der Waals surface area contributed by atoms with Crippen molar-refractivity contribution in [2.75, 3.05) is 0 Å². The predicted molar refractivity (Wildman–Crippen MR) is 59.5 cm³/mol. The topological polar surface area (TPSA) is 84.2 Å². The molecule has 1 heterocycles. The van der Waals surface area contributed by atoms with Crippen LogP contribution in [0.2, 0.25) is 0 Å². The zero-order valence-corrected chi connectivity index (χ0v) is 9.37. The fourth-order valence-electron chi connectivity index (χ4n) is 2.42. The first-order valence-electron chi connectivity index (χ1n) is 6.00. The Morgan fingerprint density at radius 3 is 2.44 bits per heavy atom. The van der Waals surface area contributed by atoms with E-state index in [1.54, 1.807) is 0 Å². The molecule has 5 nitrogen and oxygen atoms in total. The number of amides is 2. The quantitative estimate of drug-likeness (QED) is 0.561. The van der Waals surface area contributed by atoms with E-state index in [0.29, 0.717) is 24.9 Å². The average molecular weight is 225 g/mol. The number of rotatable bonds is 2. The number of imide groups is 1. The van der Waals surface area contributed by atoms with E-state index in [0.717, 1.165) is 25.7 Å². The largest absolute Gasteiger partial charge is 0.328 e. The van der Waals surface area contributed by atoms with Crippen molar-refractivity contribution < 1.29 is 9.59 Å². The third kappa shape index (κ3) is 2.80. The summed E-state index contributed by atoms with van der Waals surface area (Å²) in [5.41, 5.74) is 5.82. The molecule has 5 heteroatoms. The number of nitrogens with one attached hydrogen (secondary N) is 2. The van der Waals surface area contributed by atoms with Gasteiger partial charge < -0.3 is 11.1 Å². The molecule has 2 amide bonds. The molecule has 0 spiro atoms. The SMILES string of the molecule is NC1CCC(NC2CCC(=O)NC2=O)CC1. The van der Waals surface area contributed by atoms with E-state index in [9.17, 15) is 9.59 Å². The number of hydrogen-bond acceptors (Lipinski definition) is 4. The predicted octanol–water partition coefficient (Wildman–Crippen LogP) is -0.349. The maximum Gasteiger partial charge on any atom is 0.243 e. The van der Waals surface area contributed by atoms with Crippen molar-refractivity contribution in [2.45, 2.75) is 56.7 Å². The molecule has 2 aliphatic rings. The van der Waals surface area contributed by atoms with Gasteiger partial charge in [-0.15, -0.1) is 0 Å². The lowest BCUT2D eigenvalue weighted by Gasteiger charge is -2.31. The molecule has 0 aromatic heterocycles. The van der Waals surface area contributed by atoms with Crippen LogP contribution in [0.3, 0.4) is 0 Å². The van der Waals surface area contributed by atoms with Crippen LogP contribution in [0, 0.1) is 0 Å². The molecule has 16 heavy (non-hydrogen) atoms. The Labute approximate surface area is 95.1 Å². The lowest BCUT2D eigenvalue weighted by molar-refractivity contribution is -0.134. The van der Waals surface area contributed by atoms with Crippen LogP contribution >= 0.6 is 0 Å². The van der Waals surface area contributed by atoms with Crippen molar-refractivity contribution in [3.8, 4) is 0 Å². The Morgan fingerprint density at radius 2 is 1.81 bits per heavy atom. The summed E-state index contributed by atoms with van der Waals surface area (Å²) in [6, 6.07) is 0.501.